The third kappa shape index (κ3) is 6.10. The van der Waals surface area contributed by atoms with Crippen LogP contribution in [-0.4, -0.2) is 0 Å². The van der Waals surface area contributed by atoms with Gasteiger partial charge >= 0.3 is 0 Å². The summed E-state index contributed by atoms with van der Waals surface area (Å²) in [4.78, 5) is 4.93. The number of para-hydroxylation sites is 1. The first-order valence-corrected chi connectivity index (χ1v) is 21.3. The normalized spacial score (nSPS) is 11.4. The van der Waals surface area contributed by atoms with Crippen LogP contribution in [0.5, 0.6) is 0 Å². The van der Waals surface area contributed by atoms with Crippen molar-refractivity contribution < 1.29 is 0 Å². The van der Waals surface area contributed by atoms with Gasteiger partial charge in [-0.15, -0.1) is 11.3 Å². The number of anilines is 6. The molecule has 60 heavy (non-hydrogen) atoms. The Bertz CT molecular complexity index is 3340. The summed E-state index contributed by atoms with van der Waals surface area (Å²) in [5, 5.41) is 7.42. The standard InChI is InChI=1S/C57H40N2S/c1-39-52(58(42-22-9-4-10-23-42)54-36-34-44(40-18-5-2-6-19-40)46-24-11-13-26-48(46)54)29-17-30-53(39)59(43-32-33-51-50-28-15-16-31-56(50)60-57(51)38-43)55-37-35-45(41-20-7-3-8-21-41)47-25-12-14-27-49(47)55/h2-38H,1H3. The second kappa shape index (κ2) is 15.0. The number of nitrogens with zero attached hydrogens (tertiary/aromatic N) is 2. The van der Waals surface area contributed by atoms with Gasteiger partial charge in [-0.05, 0) is 100 Å². The summed E-state index contributed by atoms with van der Waals surface area (Å²) in [7, 11) is 0. The van der Waals surface area contributed by atoms with E-state index < -0.39 is 0 Å². The van der Waals surface area contributed by atoms with Crippen molar-refractivity contribution in [2.45, 2.75) is 6.92 Å². The average molecular weight is 785 g/mol. The van der Waals surface area contributed by atoms with Gasteiger partial charge in [0.2, 0.25) is 0 Å². The molecule has 0 spiro atoms. The molecule has 0 aliphatic heterocycles. The summed E-state index contributed by atoms with van der Waals surface area (Å²) in [6.07, 6.45) is 0. The van der Waals surface area contributed by atoms with Crippen LogP contribution in [-0.2, 0) is 0 Å². The Morgan fingerprint density at radius 1 is 0.300 bits per heavy atom. The van der Waals surface area contributed by atoms with Crippen LogP contribution in [0.4, 0.5) is 34.1 Å². The fourth-order valence-corrected chi connectivity index (χ4v) is 10.2. The van der Waals surface area contributed by atoms with Crippen LogP contribution >= 0.6 is 11.3 Å². The van der Waals surface area contributed by atoms with Crippen molar-refractivity contribution in [3.05, 3.63) is 230 Å². The third-order valence-corrected chi connectivity index (χ3v) is 13.0. The molecule has 3 heteroatoms. The summed E-state index contributed by atoms with van der Waals surface area (Å²) >= 11 is 1.86. The zero-order valence-corrected chi connectivity index (χ0v) is 34.0. The Balaban J connectivity index is 1.16. The molecule has 0 aliphatic carbocycles. The van der Waals surface area contributed by atoms with Crippen molar-refractivity contribution in [3.63, 3.8) is 0 Å². The lowest BCUT2D eigenvalue weighted by Gasteiger charge is -2.33. The number of rotatable bonds is 8. The maximum absolute atomic E-state index is 2.49. The van der Waals surface area contributed by atoms with Crippen LogP contribution in [0.25, 0.3) is 64.0 Å². The summed E-state index contributed by atoms with van der Waals surface area (Å²) < 4.78 is 2.57. The molecule has 284 valence electrons. The molecule has 0 saturated heterocycles. The summed E-state index contributed by atoms with van der Waals surface area (Å²) in [5.74, 6) is 0. The van der Waals surface area contributed by atoms with E-state index in [1.165, 1.54) is 69.5 Å². The van der Waals surface area contributed by atoms with Gasteiger partial charge in [0.15, 0.2) is 0 Å². The van der Waals surface area contributed by atoms with Crippen LogP contribution in [0.3, 0.4) is 0 Å². The fraction of sp³-hybridized carbons (Fsp3) is 0.0175. The first-order valence-electron chi connectivity index (χ1n) is 20.5. The van der Waals surface area contributed by atoms with E-state index in [1.54, 1.807) is 0 Å². The highest BCUT2D eigenvalue weighted by molar-refractivity contribution is 7.25. The topological polar surface area (TPSA) is 6.48 Å². The van der Waals surface area contributed by atoms with E-state index in [-0.39, 0.29) is 0 Å². The molecule has 0 unspecified atom stereocenters. The minimum atomic E-state index is 1.10. The molecule has 0 amide bonds. The number of hydrogen-bond acceptors (Lipinski definition) is 3. The zero-order chi connectivity index (χ0) is 40.0. The van der Waals surface area contributed by atoms with E-state index in [0.717, 1.165) is 34.1 Å². The highest BCUT2D eigenvalue weighted by Crippen LogP contribution is 2.49. The SMILES string of the molecule is Cc1c(N(c2ccccc2)c2ccc(-c3ccccc3)c3ccccc23)cccc1N(c1ccc2c(c1)sc1ccccc12)c1ccc(-c2ccccc2)c2ccccc12. The maximum atomic E-state index is 2.49. The molecular formula is C57H40N2S. The molecule has 2 nitrogen and oxygen atoms in total. The minimum Gasteiger partial charge on any atom is -0.310 e. The van der Waals surface area contributed by atoms with Gasteiger partial charge < -0.3 is 9.80 Å². The number of benzene rings is 10. The molecule has 0 N–H and O–H groups in total. The van der Waals surface area contributed by atoms with Gasteiger partial charge in [-0.3, -0.25) is 0 Å². The van der Waals surface area contributed by atoms with Gasteiger partial charge in [0.1, 0.15) is 0 Å². The third-order valence-electron chi connectivity index (χ3n) is 11.8. The minimum absolute atomic E-state index is 1.10. The van der Waals surface area contributed by atoms with E-state index in [2.05, 4.69) is 241 Å². The van der Waals surface area contributed by atoms with Gasteiger partial charge in [-0.25, -0.2) is 0 Å². The number of thiophene rings is 1. The number of fused-ring (bicyclic) bond motifs is 5. The second-order valence-corrected chi connectivity index (χ2v) is 16.4. The Hall–Kier alpha value is -7.46. The molecule has 0 aliphatic rings. The summed E-state index contributed by atoms with van der Waals surface area (Å²) in [6, 6.07) is 81.7. The Morgan fingerprint density at radius 3 is 1.32 bits per heavy atom. The zero-order valence-electron chi connectivity index (χ0n) is 33.2. The molecule has 0 atom stereocenters. The van der Waals surface area contributed by atoms with Crippen LogP contribution in [0.2, 0.25) is 0 Å². The van der Waals surface area contributed by atoms with Crippen LogP contribution < -0.4 is 9.80 Å². The molecule has 0 bridgehead atoms. The van der Waals surface area contributed by atoms with Gasteiger partial charge in [0.05, 0.1) is 22.7 Å². The van der Waals surface area contributed by atoms with E-state index in [0.29, 0.717) is 0 Å². The monoisotopic (exact) mass is 784 g/mol. The lowest BCUT2D eigenvalue weighted by atomic mass is 9.95. The second-order valence-electron chi connectivity index (χ2n) is 15.3. The van der Waals surface area contributed by atoms with E-state index in [9.17, 15) is 0 Å². The molecule has 0 fully saturated rings. The average Bonchev–Trinajstić information content (AvgIpc) is 3.69. The van der Waals surface area contributed by atoms with Gasteiger partial charge in [0, 0.05) is 42.3 Å². The summed E-state index contributed by atoms with van der Waals surface area (Å²) in [6.45, 7) is 2.28. The molecule has 11 aromatic rings. The highest BCUT2D eigenvalue weighted by Gasteiger charge is 2.24. The fourth-order valence-electron chi connectivity index (χ4n) is 9.04. The smallest absolute Gasteiger partial charge is 0.0540 e. The van der Waals surface area contributed by atoms with Gasteiger partial charge in [-0.2, -0.15) is 0 Å². The van der Waals surface area contributed by atoms with Gasteiger partial charge in [0.25, 0.3) is 0 Å². The maximum Gasteiger partial charge on any atom is 0.0540 e. The predicted molar refractivity (Wildman–Crippen MR) is 259 cm³/mol. The van der Waals surface area contributed by atoms with Crippen molar-refractivity contribution in [2.24, 2.45) is 0 Å². The molecule has 1 aromatic heterocycles. The molecule has 11 rings (SSSR count). The van der Waals surface area contributed by atoms with Crippen molar-refractivity contribution in [1.82, 2.24) is 0 Å². The van der Waals surface area contributed by atoms with Crippen LogP contribution in [0, 0.1) is 6.92 Å². The highest BCUT2D eigenvalue weighted by atomic mass is 32.1. The van der Waals surface area contributed by atoms with E-state index >= 15 is 0 Å². The Kier molecular flexibility index (Phi) is 8.95. The van der Waals surface area contributed by atoms with Gasteiger partial charge in [-0.1, -0.05) is 170 Å². The first kappa shape index (κ1) is 35.7. The quantitative estimate of drug-likeness (QED) is 0.151. The Labute approximate surface area is 354 Å². The molecular weight excluding hydrogens is 745 g/mol. The predicted octanol–water partition coefficient (Wildman–Crippen LogP) is 16.9. The van der Waals surface area contributed by atoms with E-state index in [4.69, 9.17) is 0 Å². The molecule has 1 heterocycles. The Morgan fingerprint density at radius 2 is 0.750 bits per heavy atom. The van der Waals surface area contributed by atoms with E-state index in [1.807, 2.05) is 11.3 Å². The first-order chi connectivity index (χ1) is 29.7. The van der Waals surface area contributed by atoms with Crippen molar-refractivity contribution in [2.75, 3.05) is 9.80 Å². The van der Waals surface area contributed by atoms with Crippen molar-refractivity contribution in [1.29, 1.82) is 0 Å². The van der Waals surface area contributed by atoms with Crippen LogP contribution in [0.15, 0.2) is 224 Å². The van der Waals surface area contributed by atoms with Crippen molar-refractivity contribution >= 4 is 87.2 Å². The van der Waals surface area contributed by atoms with Crippen LogP contribution in [0.1, 0.15) is 5.56 Å². The number of hydrogen-bond donors (Lipinski definition) is 0. The summed E-state index contributed by atoms with van der Waals surface area (Å²) in [5.41, 5.74) is 12.8. The molecule has 0 saturated carbocycles. The molecule has 0 radical (unpaired) electrons. The largest absolute Gasteiger partial charge is 0.310 e. The lowest BCUT2D eigenvalue weighted by molar-refractivity contribution is 1.22. The molecule has 10 aromatic carbocycles. The van der Waals surface area contributed by atoms with Crippen molar-refractivity contribution in [3.8, 4) is 22.3 Å². The lowest BCUT2D eigenvalue weighted by Crippen LogP contribution is -2.16.